The van der Waals surface area contributed by atoms with Crippen molar-refractivity contribution in [1.82, 2.24) is 44.5 Å². The third-order valence-electron chi connectivity index (χ3n) is 9.42. The second kappa shape index (κ2) is 19.9. The van der Waals surface area contributed by atoms with E-state index in [0.29, 0.717) is 57.8 Å². The summed E-state index contributed by atoms with van der Waals surface area (Å²) in [7, 11) is 3.31. The largest absolute Gasteiger partial charge is 0.378 e. The van der Waals surface area contributed by atoms with E-state index in [1.54, 1.807) is 29.4 Å². The number of nitrogens with one attached hydrogen (secondary N) is 3. The minimum atomic E-state index is -0.570. The lowest BCUT2D eigenvalue weighted by molar-refractivity contribution is 0.0991. The minimum absolute atomic E-state index is 0.0392. The molecule has 0 bridgehead atoms. The molecule has 23 heteroatoms. The summed E-state index contributed by atoms with van der Waals surface area (Å²) in [5.41, 5.74) is 15.4. The van der Waals surface area contributed by atoms with Gasteiger partial charge in [0.15, 0.2) is 5.16 Å². The van der Waals surface area contributed by atoms with Gasteiger partial charge in [0.25, 0.3) is 11.8 Å². The van der Waals surface area contributed by atoms with Crippen molar-refractivity contribution in [2.75, 3.05) is 62.2 Å². The number of aromatic nitrogens is 8. The van der Waals surface area contributed by atoms with Crippen molar-refractivity contribution in [3.8, 4) is 12.1 Å². The molecule has 2 amide bonds. The van der Waals surface area contributed by atoms with E-state index >= 15 is 0 Å². The van der Waals surface area contributed by atoms with Crippen LogP contribution in [0, 0.1) is 22.7 Å². The fourth-order valence-electron chi connectivity index (χ4n) is 6.48. The molecule has 0 aromatic carbocycles. The number of carbonyl (C=O) groups is 2. The minimum Gasteiger partial charge on any atom is -0.378 e. The average Bonchev–Trinajstić information content (AvgIpc) is 4.06. The molecule has 6 aromatic rings. The number of methoxy groups -OCH3 is 2. The number of primary amides is 2. The van der Waals surface area contributed by atoms with Crippen LogP contribution in [0.5, 0.6) is 0 Å². The molecule has 0 spiro atoms. The van der Waals surface area contributed by atoms with Crippen LogP contribution in [-0.2, 0) is 9.47 Å². The third kappa shape index (κ3) is 10.1. The maximum absolute atomic E-state index is 12.0. The van der Waals surface area contributed by atoms with Gasteiger partial charge in [-0.05, 0) is 50.2 Å². The Kier molecular flexibility index (Phi) is 14.4. The Hall–Kier alpha value is -5.95. The quantitative estimate of drug-likeness (QED) is 0.0975. The second-order valence-electron chi connectivity index (χ2n) is 13.1. The Balaban J connectivity index is 0.000000169. The molecule has 2 fully saturated rings. The van der Waals surface area contributed by atoms with Crippen molar-refractivity contribution in [1.29, 1.82) is 10.5 Å². The highest BCUT2D eigenvalue weighted by molar-refractivity contribution is 9.10. The van der Waals surface area contributed by atoms with Crippen LogP contribution in [0.2, 0.25) is 0 Å². The molecule has 4 atom stereocenters. The highest BCUT2D eigenvalue weighted by Gasteiger charge is 2.35. The summed E-state index contributed by atoms with van der Waals surface area (Å²) in [6.07, 6.45) is 14.3. The number of hydrogen-bond donors (Lipinski definition) is 5. The highest BCUT2D eigenvalue weighted by Crippen LogP contribution is 2.30. The van der Waals surface area contributed by atoms with Crippen molar-refractivity contribution in [2.45, 2.75) is 29.4 Å². The lowest BCUT2D eigenvalue weighted by atomic mass is 10.1. The van der Waals surface area contributed by atoms with Crippen LogP contribution >= 0.6 is 43.6 Å². The van der Waals surface area contributed by atoms with Gasteiger partial charge in [-0.25, -0.2) is 29.0 Å². The van der Waals surface area contributed by atoms with Gasteiger partial charge in [0.05, 0.1) is 93.7 Å². The van der Waals surface area contributed by atoms with Gasteiger partial charge in [-0.15, -0.1) is 0 Å². The zero-order chi connectivity index (χ0) is 42.9. The lowest BCUT2D eigenvalue weighted by Gasteiger charge is -2.21. The predicted molar refractivity (Wildman–Crippen MR) is 230 cm³/mol. The van der Waals surface area contributed by atoms with Crippen LogP contribution < -0.4 is 32.3 Å². The molecule has 8 rings (SSSR count). The number of hydrogen-bond acceptors (Lipinski definition) is 17. The van der Waals surface area contributed by atoms with Crippen LogP contribution in [-0.4, -0.2) is 122 Å². The smallest absolute Gasteiger partial charge is 0.252 e. The number of halogens is 2. The number of carbonyl (C=O) groups excluding carboxylic acids is 2. The summed E-state index contributed by atoms with van der Waals surface area (Å²) in [5.74, 6) is -0.570. The first-order valence-corrected chi connectivity index (χ1v) is 20.7. The predicted octanol–water partition coefficient (Wildman–Crippen LogP) is 2.84. The van der Waals surface area contributed by atoms with Gasteiger partial charge in [0.2, 0.25) is 5.95 Å². The molecule has 0 unspecified atom stereocenters. The number of nitrogens with two attached hydrogens (primary N) is 2. The normalized spacial score (nSPS) is 18.1. The van der Waals surface area contributed by atoms with Gasteiger partial charge in [-0.2, -0.15) is 20.7 Å². The number of nitriles is 2. The van der Waals surface area contributed by atoms with Gasteiger partial charge >= 0.3 is 0 Å². The molecule has 60 heavy (non-hydrogen) atoms. The number of anilines is 3. The summed E-state index contributed by atoms with van der Waals surface area (Å²) in [5, 5.41) is 36.5. The third-order valence-corrected chi connectivity index (χ3v) is 10.9. The van der Waals surface area contributed by atoms with E-state index in [1.807, 2.05) is 41.6 Å². The molecule has 20 nitrogen and oxygen atoms in total. The van der Waals surface area contributed by atoms with Gasteiger partial charge in [-0.1, -0.05) is 11.8 Å². The number of nitrogens with zero attached hydrogens (tertiary/aromatic N) is 11. The van der Waals surface area contributed by atoms with Crippen LogP contribution in [0.25, 0.3) is 11.0 Å². The number of amides is 2. The van der Waals surface area contributed by atoms with Crippen LogP contribution in [0.3, 0.4) is 0 Å². The Morgan fingerprint density at radius 3 is 1.75 bits per heavy atom. The fraction of sp³-hybridized carbons (Fsp3) is 0.297. The van der Waals surface area contributed by atoms with Gasteiger partial charge < -0.3 is 41.8 Å². The van der Waals surface area contributed by atoms with Crippen LogP contribution in [0.15, 0.2) is 75.8 Å². The number of rotatable bonds is 10. The molecule has 310 valence electrons. The molecule has 8 heterocycles. The molecule has 7 N–H and O–H groups in total. The van der Waals surface area contributed by atoms with E-state index in [2.05, 4.69) is 77.9 Å². The van der Waals surface area contributed by atoms with Crippen molar-refractivity contribution in [2.24, 2.45) is 11.5 Å². The molecule has 0 saturated carbocycles. The standard InChI is InChI=1S/C18H17BrN8O2.C13H16BrN5O2.C6H5N3S/c1-29-15-9-26(18-22-4-10(3-20)5-23-18)8-13(15)25-16-12(17(21)28)6-24-27-7-11(19)2-14(16)27;1-21-11-5-16-4-9(11)18-12-8(13(15)20)3-17-19-6-7(14)2-10(12)19;1-10-6-8-3-5(2-7)4-9-6/h2,4-7,13,15,25H,8-9H2,1H3,(H2,21,28);2-3,6,9,11,16,18H,4-5H2,1H3,(H2,15,20);3-4H,1H3/t13-,15+;9-,11+;/m11./s1. The molecule has 2 saturated heterocycles. The van der Waals surface area contributed by atoms with Crippen LogP contribution in [0.1, 0.15) is 31.8 Å². The summed E-state index contributed by atoms with van der Waals surface area (Å²) in [6.45, 7) is 2.62. The summed E-state index contributed by atoms with van der Waals surface area (Å²) in [6, 6.07) is 7.61. The van der Waals surface area contributed by atoms with Crippen molar-refractivity contribution in [3.05, 3.63) is 92.9 Å². The van der Waals surface area contributed by atoms with E-state index in [0.717, 1.165) is 33.1 Å². The first kappa shape index (κ1) is 43.6. The molecular weight excluding hydrogens is 924 g/mol. The highest BCUT2D eigenvalue weighted by atomic mass is 79.9. The summed E-state index contributed by atoms with van der Waals surface area (Å²) in [4.78, 5) is 41.9. The Bertz CT molecular complexity index is 2560. The Morgan fingerprint density at radius 1 is 0.783 bits per heavy atom. The molecule has 0 radical (unpaired) electrons. The maximum Gasteiger partial charge on any atom is 0.252 e. The molecule has 6 aromatic heterocycles. The van der Waals surface area contributed by atoms with Gasteiger partial charge in [0, 0.05) is 74.1 Å². The Labute approximate surface area is 364 Å². The SMILES string of the molecule is CO[C@H]1CN(c2ncc(C#N)cn2)C[C@H]1Nc1c(C(N)=O)cnn2cc(Br)cc12.CO[C@H]1CNC[C@H]1Nc1c(C(N)=O)cnn2cc(Br)cc12.CSc1ncc(C#N)cn1. The summed E-state index contributed by atoms with van der Waals surface area (Å²) >= 11 is 8.31. The van der Waals surface area contributed by atoms with E-state index in [1.165, 1.54) is 48.9 Å². The van der Waals surface area contributed by atoms with Crippen molar-refractivity contribution >= 4 is 83.8 Å². The zero-order valence-electron chi connectivity index (χ0n) is 32.3. The summed E-state index contributed by atoms with van der Waals surface area (Å²) < 4.78 is 16.2. The van der Waals surface area contributed by atoms with E-state index < -0.39 is 11.8 Å². The average molecular weight is 963 g/mol. The maximum atomic E-state index is 12.0. The van der Waals surface area contributed by atoms with Crippen molar-refractivity contribution < 1.29 is 19.1 Å². The van der Waals surface area contributed by atoms with E-state index in [9.17, 15) is 9.59 Å². The monoisotopic (exact) mass is 960 g/mol. The van der Waals surface area contributed by atoms with Gasteiger partial charge in [0.1, 0.15) is 12.1 Å². The topological polar surface area (TPSA) is 278 Å². The second-order valence-corrected chi connectivity index (χ2v) is 15.7. The fourth-order valence-corrected chi connectivity index (χ4v) is 7.62. The molecule has 2 aliphatic heterocycles. The van der Waals surface area contributed by atoms with Gasteiger partial charge in [-0.3, -0.25) is 9.59 Å². The first-order chi connectivity index (χ1) is 29.0. The first-order valence-electron chi connectivity index (χ1n) is 17.9. The Morgan fingerprint density at radius 2 is 1.28 bits per heavy atom. The van der Waals surface area contributed by atoms with E-state index in [-0.39, 0.29) is 24.3 Å². The molecule has 0 aliphatic carbocycles. The molecular formula is C37H38Br2N16O4S. The molecule has 2 aliphatic rings. The number of ether oxygens (including phenoxy) is 2. The lowest BCUT2D eigenvalue weighted by Crippen LogP contribution is -2.34. The van der Waals surface area contributed by atoms with E-state index in [4.69, 9.17) is 31.5 Å². The zero-order valence-corrected chi connectivity index (χ0v) is 36.3. The van der Waals surface area contributed by atoms with Crippen LogP contribution in [0.4, 0.5) is 17.3 Å². The number of thioether (sulfide) groups is 1. The van der Waals surface area contributed by atoms with Crippen molar-refractivity contribution in [3.63, 3.8) is 0 Å². The number of fused-ring (bicyclic) bond motifs is 2.